The lowest BCUT2D eigenvalue weighted by Crippen LogP contribution is -2.50. The topological polar surface area (TPSA) is 188 Å². The van der Waals surface area contributed by atoms with Crippen molar-refractivity contribution in [2.45, 2.75) is 82.7 Å². The first-order valence-corrected chi connectivity index (χ1v) is 17.3. The van der Waals surface area contributed by atoms with Crippen molar-refractivity contribution in [3.63, 3.8) is 0 Å². The molecule has 1 aliphatic carbocycles. The summed E-state index contributed by atoms with van der Waals surface area (Å²) in [5.74, 6) is -1.93. The van der Waals surface area contributed by atoms with Gasteiger partial charge in [-0.2, -0.15) is 0 Å². The Bertz CT molecular complexity index is 1810. The van der Waals surface area contributed by atoms with Crippen LogP contribution in [0, 0.1) is 5.92 Å². The van der Waals surface area contributed by atoms with Gasteiger partial charge in [0.2, 0.25) is 35.4 Å². The second kappa shape index (κ2) is 16.3. The fraction of sp³-hybridized carbons (Fsp3) is 0.368. The van der Waals surface area contributed by atoms with E-state index >= 15 is 0 Å². The Labute approximate surface area is 295 Å². The maximum absolute atomic E-state index is 13.6. The Morgan fingerprint density at radius 2 is 1.37 bits per heavy atom. The van der Waals surface area contributed by atoms with Crippen molar-refractivity contribution in [3.8, 4) is 0 Å². The molecule has 8 rings (SSSR count). The molecule has 266 valence electrons. The van der Waals surface area contributed by atoms with Crippen molar-refractivity contribution in [2.24, 2.45) is 5.92 Å². The van der Waals surface area contributed by atoms with Gasteiger partial charge in [0.25, 0.3) is 0 Å². The van der Waals surface area contributed by atoms with E-state index in [1.807, 2.05) is 36.4 Å². The number of nitrogens with one attached hydrogen (secondary N) is 6. The minimum atomic E-state index is -0.910. The van der Waals surface area contributed by atoms with Gasteiger partial charge >= 0.3 is 0 Å². The molecule has 0 saturated heterocycles. The number of carbonyl (C=O) groups excluding carboxylic acids is 6. The number of furan rings is 1. The second-order valence-electron chi connectivity index (χ2n) is 13.3. The predicted molar refractivity (Wildman–Crippen MR) is 185 cm³/mol. The van der Waals surface area contributed by atoms with E-state index in [9.17, 15) is 28.8 Å². The maximum Gasteiger partial charge on any atom is 0.244 e. The zero-order valence-electron chi connectivity index (χ0n) is 28.2. The largest absolute Gasteiger partial charge is 0.469 e. The monoisotopic (exact) mass is 694 g/mol. The van der Waals surface area contributed by atoms with Crippen molar-refractivity contribution in [3.05, 3.63) is 107 Å². The number of rotatable bonds is 2. The highest BCUT2D eigenvalue weighted by molar-refractivity contribution is 5.97. The Kier molecular flexibility index (Phi) is 11.2. The summed E-state index contributed by atoms with van der Waals surface area (Å²) in [6.45, 7) is 0.612. The molecule has 2 aromatic carbocycles. The zero-order chi connectivity index (χ0) is 35.7. The van der Waals surface area contributed by atoms with Gasteiger partial charge in [-0.3, -0.25) is 28.8 Å². The summed E-state index contributed by atoms with van der Waals surface area (Å²) in [5.41, 5.74) is 4.01. The number of hydrogen-bond donors (Lipinski definition) is 6. The van der Waals surface area contributed by atoms with Crippen LogP contribution in [0.3, 0.4) is 0 Å². The van der Waals surface area contributed by atoms with E-state index in [1.54, 1.807) is 18.2 Å². The minimum Gasteiger partial charge on any atom is -0.469 e. The number of hydrogen-bond acceptors (Lipinski definition) is 7. The van der Waals surface area contributed by atoms with Crippen LogP contribution >= 0.6 is 0 Å². The number of carbonyl (C=O) groups is 6. The quantitative estimate of drug-likeness (QED) is 0.234. The molecule has 13 heteroatoms. The summed E-state index contributed by atoms with van der Waals surface area (Å²) in [7, 11) is 0. The van der Waals surface area contributed by atoms with Gasteiger partial charge in [0.05, 0.1) is 12.7 Å². The molecule has 2 atom stereocenters. The van der Waals surface area contributed by atoms with Gasteiger partial charge in [-0.05, 0) is 65.6 Å². The average molecular weight is 695 g/mol. The molecule has 1 aromatic heterocycles. The molecule has 3 aromatic rings. The Morgan fingerprint density at radius 3 is 2.16 bits per heavy atom. The predicted octanol–water partition coefficient (Wildman–Crippen LogP) is 1.38. The Hall–Kier alpha value is -5.72. The molecule has 6 bridgehead atoms. The molecule has 1 saturated carbocycles. The first-order valence-electron chi connectivity index (χ1n) is 17.3. The lowest BCUT2D eigenvalue weighted by atomic mass is 9.85. The molecular formula is C38H42N6O7. The average Bonchev–Trinajstić information content (AvgIpc) is 3.59. The van der Waals surface area contributed by atoms with Gasteiger partial charge in [-0.1, -0.05) is 42.5 Å². The minimum absolute atomic E-state index is 0.00848. The van der Waals surface area contributed by atoms with Gasteiger partial charge in [0, 0.05) is 56.6 Å². The van der Waals surface area contributed by atoms with Crippen LogP contribution in [0.5, 0.6) is 0 Å². The Morgan fingerprint density at radius 1 is 0.627 bits per heavy atom. The summed E-state index contributed by atoms with van der Waals surface area (Å²) in [6, 6.07) is 14.5. The maximum atomic E-state index is 13.6. The second-order valence-corrected chi connectivity index (χ2v) is 13.3. The van der Waals surface area contributed by atoms with E-state index in [1.165, 1.54) is 18.4 Å². The zero-order valence-corrected chi connectivity index (χ0v) is 28.2. The highest BCUT2D eigenvalue weighted by Crippen LogP contribution is 2.25. The van der Waals surface area contributed by atoms with Crippen LogP contribution in [0.25, 0.3) is 0 Å². The van der Waals surface area contributed by atoms with Crippen molar-refractivity contribution >= 4 is 35.4 Å². The summed E-state index contributed by atoms with van der Waals surface area (Å²) >= 11 is 0. The molecule has 5 aliphatic rings. The van der Waals surface area contributed by atoms with Crippen molar-refractivity contribution in [1.82, 2.24) is 31.9 Å². The van der Waals surface area contributed by atoms with E-state index in [0.717, 1.165) is 22.3 Å². The fourth-order valence-electron chi connectivity index (χ4n) is 6.79. The van der Waals surface area contributed by atoms with E-state index in [0.29, 0.717) is 43.4 Å². The van der Waals surface area contributed by atoms with Crippen LogP contribution in [-0.2, 0) is 67.7 Å². The molecule has 6 amide bonds. The highest BCUT2D eigenvalue weighted by Gasteiger charge is 2.31. The summed E-state index contributed by atoms with van der Waals surface area (Å²) in [6.07, 6.45) is 6.50. The van der Waals surface area contributed by atoms with E-state index in [4.69, 9.17) is 4.42 Å². The fourth-order valence-corrected chi connectivity index (χ4v) is 6.79. The third kappa shape index (κ3) is 9.50. The number of fused-ring (bicyclic) bond motifs is 1. The van der Waals surface area contributed by atoms with Crippen LogP contribution in [0.15, 0.2) is 77.4 Å². The molecule has 5 heterocycles. The van der Waals surface area contributed by atoms with E-state index in [-0.39, 0.29) is 62.2 Å². The van der Waals surface area contributed by atoms with Crippen molar-refractivity contribution in [1.29, 1.82) is 0 Å². The normalized spacial score (nSPS) is 24.4. The standard InChI is InChI=1S/C38H42N6O7/c45-33-13-14-34(46)42-29-11-9-24(10-12-29)36(48)44-32(19-30-6-3-15-51-30)38(50)40-21-27-5-2-1-4-25(27)18-35(47)43-31-17-26-8-7-23(20-39-33)16-28(26)22-41-37(31)49/h1-8,13-16,24,29,31-32H,9-12,17-22H2,(H,39,45)(H,40,50)(H,41,49)(H,42,46)(H,43,47)(H,44,48)/b14-13+/t24-,29+,31-,32-/m0/s1. The molecule has 13 nitrogen and oxygen atoms in total. The van der Waals surface area contributed by atoms with Crippen LogP contribution in [0.2, 0.25) is 0 Å². The first kappa shape index (κ1) is 35.1. The first-order chi connectivity index (χ1) is 24.7. The third-order valence-corrected chi connectivity index (χ3v) is 9.64. The summed E-state index contributed by atoms with van der Waals surface area (Å²) in [5, 5.41) is 17.3. The van der Waals surface area contributed by atoms with Gasteiger partial charge < -0.3 is 36.3 Å². The van der Waals surface area contributed by atoms with E-state index < -0.39 is 29.8 Å². The molecular weight excluding hydrogens is 652 g/mol. The molecule has 1 fully saturated rings. The number of benzene rings is 2. The summed E-state index contributed by atoms with van der Waals surface area (Å²) < 4.78 is 5.48. The van der Waals surface area contributed by atoms with Gasteiger partial charge in [0.1, 0.15) is 17.8 Å². The highest BCUT2D eigenvalue weighted by atomic mass is 16.3. The Balaban J connectivity index is 1.21. The molecule has 0 radical (unpaired) electrons. The van der Waals surface area contributed by atoms with Crippen molar-refractivity contribution in [2.75, 3.05) is 0 Å². The molecule has 6 N–H and O–H groups in total. The molecule has 51 heavy (non-hydrogen) atoms. The van der Waals surface area contributed by atoms with Crippen LogP contribution in [-0.4, -0.2) is 53.6 Å². The van der Waals surface area contributed by atoms with Gasteiger partial charge in [0.15, 0.2) is 0 Å². The molecule has 0 unspecified atom stereocenters. The van der Waals surface area contributed by atoms with Gasteiger partial charge in [-0.15, -0.1) is 0 Å². The lowest BCUT2D eigenvalue weighted by Gasteiger charge is -2.29. The molecule has 0 spiro atoms. The van der Waals surface area contributed by atoms with E-state index in [2.05, 4.69) is 31.9 Å². The lowest BCUT2D eigenvalue weighted by molar-refractivity contribution is -0.132. The third-order valence-electron chi connectivity index (χ3n) is 9.64. The SMILES string of the molecule is O=C1/C=C/C(=O)N[C@H]2CC[C@H](CC2)C(=O)N[C@@H](Cc2ccco2)C(=O)NCc2ccccc2CC(=O)N[C@H]2Cc3ccc(cc3CNC2=O)CN1. The number of amides is 6. The van der Waals surface area contributed by atoms with Crippen molar-refractivity contribution < 1.29 is 33.2 Å². The van der Waals surface area contributed by atoms with Gasteiger partial charge in [-0.25, -0.2) is 0 Å². The van der Waals surface area contributed by atoms with Crippen LogP contribution in [0.4, 0.5) is 0 Å². The van der Waals surface area contributed by atoms with Crippen LogP contribution < -0.4 is 31.9 Å². The van der Waals surface area contributed by atoms with Crippen LogP contribution in [0.1, 0.15) is 59.3 Å². The molecule has 4 aliphatic heterocycles. The summed E-state index contributed by atoms with van der Waals surface area (Å²) in [4.78, 5) is 78.3. The smallest absolute Gasteiger partial charge is 0.244 e.